The van der Waals surface area contributed by atoms with Crippen LogP contribution < -0.4 is 15.5 Å². The van der Waals surface area contributed by atoms with E-state index in [0.29, 0.717) is 6.04 Å². The highest BCUT2D eigenvalue weighted by Gasteiger charge is 2.23. The smallest absolute Gasteiger partial charge is 0.191 e. The highest BCUT2D eigenvalue weighted by atomic mass is 32.2. The molecular formula is C19H27N5S2. The molecule has 1 aromatic carbocycles. The van der Waals surface area contributed by atoms with Crippen LogP contribution in [0, 0.1) is 0 Å². The van der Waals surface area contributed by atoms with E-state index in [1.54, 1.807) is 11.3 Å². The number of benzene rings is 1. The zero-order valence-electron chi connectivity index (χ0n) is 15.2. The van der Waals surface area contributed by atoms with Gasteiger partial charge in [0.05, 0.1) is 0 Å². The van der Waals surface area contributed by atoms with Crippen molar-refractivity contribution in [3.8, 4) is 0 Å². The number of hydrogen-bond acceptors (Lipinski definition) is 5. The van der Waals surface area contributed by atoms with Gasteiger partial charge in [0.1, 0.15) is 4.34 Å². The number of guanidine groups is 1. The molecule has 1 saturated heterocycles. The number of thioether (sulfide) groups is 1. The van der Waals surface area contributed by atoms with E-state index in [1.807, 2.05) is 23.3 Å². The lowest BCUT2D eigenvalue weighted by Crippen LogP contribution is -2.44. The van der Waals surface area contributed by atoms with Crippen LogP contribution in [-0.4, -0.2) is 48.9 Å². The van der Waals surface area contributed by atoms with Crippen LogP contribution in [-0.2, 0) is 0 Å². The molecule has 0 aliphatic carbocycles. The molecule has 2 aromatic rings. The van der Waals surface area contributed by atoms with Crippen molar-refractivity contribution >= 4 is 34.7 Å². The van der Waals surface area contributed by atoms with Gasteiger partial charge in [-0.05, 0) is 31.9 Å². The Balaban J connectivity index is 1.42. The average Bonchev–Trinajstić information content (AvgIpc) is 3.34. The minimum Gasteiger partial charge on any atom is -0.369 e. The minimum atomic E-state index is 0.442. The van der Waals surface area contributed by atoms with Crippen LogP contribution in [0.25, 0.3) is 0 Å². The minimum absolute atomic E-state index is 0.442. The standard InChI is InChI=1S/C19H27N5S2/c1-2-20-18(21-10-6-13-25-19-22-11-14-26-19)23-16-9-12-24(15-16)17-7-4-3-5-8-17/h3-5,7-8,11,14,16H,2,6,9-10,12-13,15H2,1H3,(H2,20,21,23). The van der Waals surface area contributed by atoms with E-state index in [4.69, 9.17) is 4.99 Å². The predicted molar refractivity (Wildman–Crippen MR) is 114 cm³/mol. The van der Waals surface area contributed by atoms with Crippen LogP contribution in [0.1, 0.15) is 19.8 Å². The lowest BCUT2D eigenvalue weighted by Gasteiger charge is -2.20. The highest BCUT2D eigenvalue weighted by Crippen LogP contribution is 2.21. The molecule has 2 N–H and O–H groups in total. The molecule has 1 aliphatic rings. The largest absolute Gasteiger partial charge is 0.369 e. The zero-order valence-corrected chi connectivity index (χ0v) is 16.9. The van der Waals surface area contributed by atoms with Gasteiger partial charge >= 0.3 is 0 Å². The molecule has 0 saturated carbocycles. The highest BCUT2D eigenvalue weighted by molar-refractivity contribution is 8.00. The number of aliphatic imine (C=N–C) groups is 1. The third-order valence-corrected chi connectivity index (χ3v) is 6.25. The molecule has 0 bridgehead atoms. The van der Waals surface area contributed by atoms with Gasteiger partial charge in [0.25, 0.3) is 0 Å². The topological polar surface area (TPSA) is 52.6 Å². The molecule has 5 nitrogen and oxygen atoms in total. The van der Waals surface area contributed by atoms with Crippen molar-refractivity contribution in [3.63, 3.8) is 0 Å². The van der Waals surface area contributed by atoms with Gasteiger partial charge in [-0.1, -0.05) is 30.0 Å². The van der Waals surface area contributed by atoms with Gasteiger partial charge in [-0.2, -0.15) is 0 Å². The van der Waals surface area contributed by atoms with Crippen LogP contribution in [0.2, 0.25) is 0 Å². The van der Waals surface area contributed by atoms with Gasteiger partial charge in [-0.15, -0.1) is 11.3 Å². The molecule has 7 heteroatoms. The van der Waals surface area contributed by atoms with E-state index in [1.165, 1.54) is 5.69 Å². The lowest BCUT2D eigenvalue weighted by atomic mass is 10.3. The van der Waals surface area contributed by atoms with Crippen LogP contribution in [0.4, 0.5) is 5.69 Å². The molecule has 1 atom stereocenters. The third-order valence-electron chi connectivity index (χ3n) is 4.20. The molecule has 0 amide bonds. The summed E-state index contributed by atoms with van der Waals surface area (Å²) in [6.07, 6.45) is 4.06. The second-order valence-electron chi connectivity index (χ2n) is 6.17. The van der Waals surface area contributed by atoms with Crippen LogP contribution in [0.3, 0.4) is 0 Å². The number of aromatic nitrogens is 1. The van der Waals surface area contributed by atoms with Crippen molar-refractivity contribution < 1.29 is 0 Å². The second kappa shape index (κ2) is 10.4. The maximum atomic E-state index is 4.74. The molecular weight excluding hydrogens is 362 g/mol. The monoisotopic (exact) mass is 389 g/mol. The van der Waals surface area contributed by atoms with E-state index in [0.717, 1.165) is 55.1 Å². The first-order chi connectivity index (χ1) is 12.8. The van der Waals surface area contributed by atoms with Crippen molar-refractivity contribution in [1.29, 1.82) is 0 Å². The number of hydrogen-bond donors (Lipinski definition) is 2. The molecule has 0 radical (unpaired) electrons. The summed E-state index contributed by atoms with van der Waals surface area (Å²) in [5, 5.41) is 8.99. The first-order valence-corrected chi connectivity index (χ1v) is 11.1. The summed E-state index contributed by atoms with van der Waals surface area (Å²) in [6, 6.07) is 11.1. The average molecular weight is 390 g/mol. The van der Waals surface area contributed by atoms with E-state index in [2.05, 4.69) is 57.8 Å². The van der Waals surface area contributed by atoms with E-state index >= 15 is 0 Å². The van der Waals surface area contributed by atoms with Gasteiger partial charge in [0.15, 0.2) is 5.96 Å². The summed E-state index contributed by atoms with van der Waals surface area (Å²) in [5.41, 5.74) is 1.30. The quantitative estimate of drug-likeness (QED) is 0.313. The first kappa shape index (κ1) is 19.0. The second-order valence-corrected chi connectivity index (χ2v) is 8.41. The van der Waals surface area contributed by atoms with Crippen molar-refractivity contribution in [3.05, 3.63) is 41.9 Å². The Hall–Kier alpha value is -1.73. The van der Waals surface area contributed by atoms with Crippen LogP contribution >= 0.6 is 23.1 Å². The molecule has 1 fully saturated rings. The maximum absolute atomic E-state index is 4.74. The number of rotatable bonds is 8. The Labute approximate surface area is 164 Å². The molecule has 140 valence electrons. The number of nitrogens with one attached hydrogen (secondary N) is 2. The lowest BCUT2D eigenvalue weighted by molar-refractivity contribution is 0.649. The maximum Gasteiger partial charge on any atom is 0.191 e. The van der Waals surface area contributed by atoms with Gasteiger partial charge < -0.3 is 15.5 Å². The molecule has 0 spiro atoms. The number of nitrogens with zero attached hydrogens (tertiary/aromatic N) is 3. The summed E-state index contributed by atoms with van der Waals surface area (Å²) in [4.78, 5) is 11.5. The Bertz CT molecular complexity index is 660. The predicted octanol–water partition coefficient (Wildman–Crippen LogP) is 3.46. The molecule has 1 aliphatic heterocycles. The third kappa shape index (κ3) is 5.92. The summed E-state index contributed by atoms with van der Waals surface area (Å²) < 4.78 is 1.14. The van der Waals surface area contributed by atoms with Crippen molar-refractivity contribution in [2.45, 2.75) is 30.1 Å². The van der Waals surface area contributed by atoms with Crippen molar-refractivity contribution in [2.75, 3.05) is 36.8 Å². The van der Waals surface area contributed by atoms with E-state index in [9.17, 15) is 0 Å². The fourth-order valence-corrected chi connectivity index (χ4v) is 4.59. The molecule has 3 rings (SSSR count). The van der Waals surface area contributed by atoms with E-state index in [-0.39, 0.29) is 0 Å². The molecule has 1 unspecified atom stereocenters. The van der Waals surface area contributed by atoms with Crippen LogP contribution in [0.15, 0.2) is 51.2 Å². The first-order valence-electron chi connectivity index (χ1n) is 9.22. The molecule has 1 aromatic heterocycles. The Morgan fingerprint density at radius 2 is 2.27 bits per heavy atom. The van der Waals surface area contributed by atoms with Gasteiger partial charge in [-0.3, -0.25) is 4.99 Å². The summed E-state index contributed by atoms with van der Waals surface area (Å²) in [6.45, 7) is 5.94. The number of thiazole rings is 1. The number of anilines is 1. The van der Waals surface area contributed by atoms with E-state index < -0.39 is 0 Å². The Kier molecular flexibility index (Phi) is 7.64. The summed E-state index contributed by atoms with van der Waals surface area (Å²) in [5.74, 6) is 1.99. The van der Waals surface area contributed by atoms with Gasteiger partial charge in [0, 0.05) is 55.2 Å². The molecule has 26 heavy (non-hydrogen) atoms. The van der Waals surface area contributed by atoms with Gasteiger partial charge in [0.2, 0.25) is 0 Å². The molecule has 2 heterocycles. The normalized spacial score (nSPS) is 17.5. The summed E-state index contributed by atoms with van der Waals surface area (Å²) in [7, 11) is 0. The van der Waals surface area contributed by atoms with Crippen molar-refractivity contribution in [2.24, 2.45) is 4.99 Å². The Morgan fingerprint density at radius 1 is 1.38 bits per heavy atom. The Morgan fingerprint density at radius 3 is 3.04 bits per heavy atom. The van der Waals surface area contributed by atoms with Gasteiger partial charge in [-0.25, -0.2) is 4.98 Å². The fraction of sp³-hybridized carbons (Fsp3) is 0.474. The fourth-order valence-electron chi connectivity index (χ4n) is 2.96. The number of para-hydroxylation sites is 1. The zero-order chi connectivity index (χ0) is 18.0. The summed E-state index contributed by atoms with van der Waals surface area (Å²) >= 11 is 3.52. The van der Waals surface area contributed by atoms with Crippen molar-refractivity contribution in [1.82, 2.24) is 15.6 Å². The SMILES string of the molecule is CCNC(=NCCCSc1nccs1)NC1CCN(c2ccccc2)C1. The van der Waals surface area contributed by atoms with Crippen LogP contribution in [0.5, 0.6) is 0 Å².